The van der Waals surface area contributed by atoms with Gasteiger partial charge < -0.3 is 14.9 Å². The lowest BCUT2D eigenvalue weighted by molar-refractivity contribution is 0.173. The van der Waals surface area contributed by atoms with E-state index >= 15 is 0 Å². The maximum absolute atomic E-state index is 5.89. The van der Waals surface area contributed by atoms with Gasteiger partial charge in [-0.05, 0) is 25.1 Å². The molecule has 3 nitrogen and oxygen atoms in total. The Bertz CT molecular complexity index is 462. The molecule has 0 saturated heterocycles. The molecule has 0 radical (unpaired) electrons. The molecule has 0 amide bonds. The van der Waals surface area contributed by atoms with Crippen molar-refractivity contribution < 1.29 is 9.15 Å². The lowest BCUT2D eigenvalue weighted by Crippen LogP contribution is -2.14. The SMILES string of the molecule is COCC(N)c1cc2cc(C)ccc2o1. The zero-order chi connectivity index (χ0) is 10.8. The van der Waals surface area contributed by atoms with Crippen LogP contribution in [0.15, 0.2) is 28.7 Å². The highest BCUT2D eigenvalue weighted by Gasteiger charge is 2.11. The molecule has 1 aromatic heterocycles. The number of furan rings is 1. The molecule has 80 valence electrons. The standard InChI is InChI=1S/C12H15NO2/c1-8-3-4-11-9(5-8)6-12(15-11)10(13)7-14-2/h3-6,10H,7,13H2,1-2H3. The second-order valence-corrected chi connectivity index (χ2v) is 3.75. The van der Waals surface area contributed by atoms with Crippen molar-refractivity contribution >= 4 is 11.0 Å². The Morgan fingerprint density at radius 2 is 2.20 bits per heavy atom. The van der Waals surface area contributed by atoms with Crippen LogP contribution < -0.4 is 5.73 Å². The lowest BCUT2D eigenvalue weighted by atomic mass is 10.1. The minimum Gasteiger partial charge on any atom is -0.459 e. The van der Waals surface area contributed by atoms with Gasteiger partial charge in [-0.1, -0.05) is 11.6 Å². The number of aryl methyl sites for hydroxylation is 1. The van der Waals surface area contributed by atoms with E-state index in [1.807, 2.05) is 18.2 Å². The van der Waals surface area contributed by atoms with Crippen molar-refractivity contribution in [1.29, 1.82) is 0 Å². The molecule has 0 fully saturated rings. The fourth-order valence-corrected chi connectivity index (χ4v) is 1.63. The van der Waals surface area contributed by atoms with Crippen LogP contribution in [0.3, 0.4) is 0 Å². The molecular formula is C12H15NO2. The van der Waals surface area contributed by atoms with Crippen molar-refractivity contribution in [3.8, 4) is 0 Å². The van der Waals surface area contributed by atoms with Crippen LogP contribution in [0.1, 0.15) is 17.4 Å². The third kappa shape index (κ3) is 2.03. The summed E-state index contributed by atoms with van der Waals surface area (Å²) in [5, 5.41) is 1.09. The fourth-order valence-electron chi connectivity index (χ4n) is 1.63. The summed E-state index contributed by atoms with van der Waals surface area (Å²) in [5.41, 5.74) is 7.98. The maximum atomic E-state index is 5.89. The van der Waals surface area contributed by atoms with Crippen LogP contribution in [0.2, 0.25) is 0 Å². The summed E-state index contributed by atoms with van der Waals surface area (Å²) in [7, 11) is 1.63. The predicted molar refractivity (Wildman–Crippen MR) is 59.8 cm³/mol. The van der Waals surface area contributed by atoms with Crippen molar-refractivity contribution in [2.75, 3.05) is 13.7 Å². The van der Waals surface area contributed by atoms with E-state index in [1.165, 1.54) is 5.56 Å². The van der Waals surface area contributed by atoms with Gasteiger partial charge in [0.25, 0.3) is 0 Å². The van der Waals surface area contributed by atoms with Crippen molar-refractivity contribution in [1.82, 2.24) is 0 Å². The number of benzene rings is 1. The number of nitrogens with two attached hydrogens (primary N) is 1. The Balaban J connectivity index is 2.38. The normalized spacial score (nSPS) is 13.3. The molecule has 15 heavy (non-hydrogen) atoms. The zero-order valence-corrected chi connectivity index (χ0v) is 8.99. The monoisotopic (exact) mass is 205 g/mol. The molecule has 1 atom stereocenters. The van der Waals surface area contributed by atoms with Crippen molar-refractivity contribution in [2.45, 2.75) is 13.0 Å². The minimum atomic E-state index is -0.192. The Morgan fingerprint density at radius 1 is 1.40 bits per heavy atom. The molecule has 0 aliphatic rings. The van der Waals surface area contributed by atoms with Crippen molar-refractivity contribution in [2.24, 2.45) is 5.73 Å². The smallest absolute Gasteiger partial charge is 0.134 e. The third-order valence-electron chi connectivity index (χ3n) is 2.40. The molecular weight excluding hydrogens is 190 g/mol. The van der Waals surface area contributed by atoms with E-state index in [2.05, 4.69) is 13.0 Å². The summed E-state index contributed by atoms with van der Waals surface area (Å²) >= 11 is 0. The van der Waals surface area contributed by atoms with E-state index < -0.39 is 0 Å². The number of rotatable bonds is 3. The number of hydrogen-bond acceptors (Lipinski definition) is 3. The molecule has 0 aliphatic carbocycles. The summed E-state index contributed by atoms with van der Waals surface area (Å²) in [6.45, 7) is 2.53. The van der Waals surface area contributed by atoms with Crippen LogP contribution in [0, 0.1) is 6.92 Å². The molecule has 1 unspecified atom stereocenters. The van der Waals surface area contributed by atoms with Gasteiger partial charge in [0, 0.05) is 12.5 Å². The molecule has 1 aromatic carbocycles. The Morgan fingerprint density at radius 3 is 2.93 bits per heavy atom. The van der Waals surface area contributed by atoms with Gasteiger partial charge in [0.15, 0.2) is 0 Å². The molecule has 1 heterocycles. The predicted octanol–water partition coefficient (Wildman–Crippen LogP) is 2.39. The summed E-state index contributed by atoms with van der Waals surface area (Å²) in [4.78, 5) is 0. The van der Waals surface area contributed by atoms with E-state index in [0.717, 1.165) is 16.7 Å². The summed E-state index contributed by atoms with van der Waals surface area (Å²) in [5.74, 6) is 0.775. The van der Waals surface area contributed by atoms with Gasteiger partial charge in [0.2, 0.25) is 0 Å². The Hall–Kier alpha value is -1.32. The van der Waals surface area contributed by atoms with Gasteiger partial charge in [-0.15, -0.1) is 0 Å². The van der Waals surface area contributed by atoms with Gasteiger partial charge in [-0.2, -0.15) is 0 Å². The van der Waals surface area contributed by atoms with E-state index in [-0.39, 0.29) is 6.04 Å². The summed E-state index contributed by atoms with van der Waals surface area (Å²) < 4.78 is 10.6. The first kappa shape index (κ1) is 10.2. The number of ether oxygens (including phenoxy) is 1. The van der Waals surface area contributed by atoms with Crippen LogP contribution in [-0.4, -0.2) is 13.7 Å². The molecule has 2 N–H and O–H groups in total. The molecule has 0 aliphatic heterocycles. The highest BCUT2D eigenvalue weighted by Crippen LogP contribution is 2.23. The second kappa shape index (κ2) is 4.04. The second-order valence-electron chi connectivity index (χ2n) is 3.75. The third-order valence-corrected chi connectivity index (χ3v) is 2.40. The maximum Gasteiger partial charge on any atom is 0.134 e. The average Bonchev–Trinajstić information content (AvgIpc) is 2.60. The quantitative estimate of drug-likeness (QED) is 0.836. The topological polar surface area (TPSA) is 48.4 Å². The zero-order valence-electron chi connectivity index (χ0n) is 8.99. The van der Waals surface area contributed by atoms with Gasteiger partial charge in [-0.3, -0.25) is 0 Å². The van der Waals surface area contributed by atoms with E-state index in [0.29, 0.717) is 6.61 Å². The average molecular weight is 205 g/mol. The van der Waals surface area contributed by atoms with Crippen LogP contribution in [-0.2, 0) is 4.74 Å². The summed E-state index contributed by atoms with van der Waals surface area (Å²) in [6.07, 6.45) is 0. The first-order valence-electron chi connectivity index (χ1n) is 4.95. The van der Waals surface area contributed by atoms with Gasteiger partial charge >= 0.3 is 0 Å². The molecule has 0 spiro atoms. The number of hydrogen-bond donors (Lipinski definition) is 1. The first-order valence-corrected chi connectivity index (χ1v) is 4.95. The Labute approximate surface area is 88.8 Å². The van der Waals surface area contributed by atoms with Crippen LogP contribution in [0.5, 0.6) is 0 Å². The van der Waals surface area contributed by atoms with E-state index in [4.69, 9.17) is 14.9 Å². The van der Waals surface area contributed by atoms with Gasteiger partial charge in [0.05, 0.1) is 12.6 Å². The molecule has 2 aromatic rings. The van der Waals surface area contributed by atoms with E-state index in [9.17, 15) is 0 Å². The largest absolute Gasteiger partial charge is 0.459 e. The summed E-state index contributed by atoms with van der Waals surface area (Å²) in [6, 6.07) is 7.86. The van der Waals surface area contributed by atoms with Crippen LogP contribution in [0.25, 0.3) is 11.0 Å². The van der Waals surface area contributed by atoms with Crippen LogP contribution in [0.4, 0.5) is 0 Å². The molecule has 2 rings (SSSR count). The molecule has 0 saturated carbocycles. The highest BCUT2D eigenvalue weighted by molar-refractivity contribution is 5.78. The Kier molecular flexibility index (Phi) is 2.75. The lowest BCUT2D eigenvalue weighted by Gasteiger charge is -2.05. The fraction of sp³-hybridized carbons (Fsp3) is 0.333. The molecule has 0 bridgehead atoms. The van der Waals surface area contributed by atoms with Crippen molar-refractivity contribution in [3.05, 3.63) is 35.6 Å². The van der Waals surface area contributed by atoms with Gasteiger partial charge in [0.1, 0.15) is 11.3 Å². The van der Waals surface area contributed by atoms with E-state index in [1.54, 1.807) is 7.11 Å². The number of fused-ring (bicyclic) bond motifs is 1. The molecule has 3 heteroatoms. The van der Waals surface area contributed by atoms with Crippen LogP contribution >= 0.6 is 0 Å². The number of methoxy groups -OCH3 is 1. The minimum absolute atomic E-state index is 0.192. The van der Waals surface area contributed by atoms with Gasteiger partial charge in [-0.25, -0.2) is 0 Å². The highest BCUT2D eigenvalue weighted by atomic mass is 16.5. The van der Waals surface area contributed by atoms with Crippen molar-refractivity contribution in [3.63, 3.8) is 0 Å². The first-order chi connectivity index (χ1) is 7.20.